The normalized spacial score (nSPS) is 27.0. The number of carbonyl (C=O) groups excluding carboxylic acids is 2. The first-order chi connectivity index (χ1) is 18.0. The number of benzene rings is 1. The second kappa shape index (κ2) is 8.47. The van der Waals surface area contributed by atoms with Gasteiger partial charge in [0.15, 0.2) is 0 Å². The van der Waals surface area contributed by atoms with Gasteiger partial charge < -0.3 is 25.4 Å². The van der Waals surface area contributed by atoms with Gasteiger partial charge in [0.2, 0.25) is 5.91 Å². The molecule has 1 aromatic heterocycles. The van der Waals surface area contributed by atoms with Gasteiger partial charge in [-0.1, -0.05) is 6.92 Å². The number of urea groups is 1. The molecular formula is C26H22F4N4O4. The minimum atomic E-state index is -4.82. The van der Waals surface area contributed by atoms with E-state index in [0.29, 0.717) is 48.7 Å². The number of hydrogen-bond donors (Lipinski definition) is 3. The Morgan fingerprint density at radius 1 is 1.24 bits per heavy atom. The maximum Gasteiger partial charge on any atom is 0.419 e. The van der Waals surface area contributed by atoms with E-state index >= 15 is 0 Å². The van der Waals surface area contributed by atoms with Gasteiger partial charge in [-0.2, -0.15) is 13.2 Å². The Balaban J connectivity index is 1.10. The summed E-state index contributed by atoms with van der Waals surface area (Å²) in [5.41, 5.74) is -1.12. The van der Waals surface area contributed by atoms with Crippen molar-refractivity contribution in [3.8, 4) is 5.75 Å². The van der Waals surface area contributed by atoms with Crippen LogP contribution in [0.3, 0.4) is 0 Å². The maximum atomic E-state index is 13.8. The zero-order valence-corrected chi connectivity index (χ0v) is 20.0. The quantitative estimate of drug-likeness (QED) is 0.489. The van der Waals surface area contributed by atoms with Crippen molar-refractivity contribution in [3.63, 3.8) is 0 Å². The van der Waals surface area contributed by atoms with Gasteiger partial charge >= 0.3 is 12.2 Å². The van der Waals surface area contributed by atoms with E-state index < -0.39 is 29.0 Å². The van der Waals surface area contributed by atoms with Crippen LogP contribution in [-0.2, 0) is 22.1 Å². The number of allylic oxidation sites excluding steroid dienone is 4. The van der Waals surface area contributed by atoms with Crippen LogP contribution in [-0.4, -0.2) is 29.1 Å². The van der Waals surface area contributed by atoms with Crippen LogP contribution in [0.5, 0.6) is 5.75 Å². The summed E-state index contributed by atoms with van der Waals surface area (Å²) in [5.74, 6) is 0.977. The summed E-state index contributed by atoms with van der Waals surface area (Å²) in [6.07, 6.45) is 1.55. The second-order valence-corrected chi connectivity index (χ2v) is 9.97. The zero-order valence-electron chi connectivity index (χ0n) is 20.0. The first-order valence-electron chi connectivity index (χ1n) is 12.0. The highest BCUT2D eigenvalue weighted by Gasteiger charge is 2.69. The zero-order chi connectivity index (χ0) is 26.8. The molecule has 198 valence electrons. The van der Waals surface area contributed by atoms with Crippen molar-refractivity contribution in [2.24, 2.45) is 11.3 Å². The van der Waals surface area contributed by atoms with Gasteiger partial charge in [0.25, 0.3) is 0 Å². The maximum absolute atomic E-state index is 13.8. The molecule has 12 heteroatoms. The number of anilines is 2. The number of alkyl halides is 3. The van der Waals surface area contributed by atoms with Crippen LogP contribution in [0.2, 0.25) is 0 Å². The van der Waals surface area contributed by atoms with Crippen LogP contribution in [0.4, 0.5) is 33.9 Å². The summed E-state index contributed by atoms with van der Waals surface area (Å²) >= 11 is 0. The Labute approximate surface area is 214 Å². The Kier molecular flexibility index (Phi) is 5.41. The molecule has 0 radical (unpaired) electrons. The van der Waals surface area contributed by atoms with E-state index in [0.717, 1.165) is 17.4 Å². The minimum absolute atomic E-state index is 0.0539. The van der Waals surface area contributed by atoms with Gasteiger partial charge in [-0.3, -0.25) is 4.79 Å². The van der Waals surface area contributed by atoms with E-state index in [1.165, 1.54) is 0 Å². The number of fused-ring (bicyclic) bond motifs is 4. The van der Waals surface area contributed by atoms with Crippen molar-refractivity contribution in [3.05, 3.63) is 71.1 Å². The fraction of sp³-hybridized carbons (Fsp3) is 0.346. The fourth-order valence-electron chi connectivity index (χ4n) is 5.54. The number of aromatic nitrogens is 1. The van der Waals surface area contributed by atoms with E-state index in [-0.39, 0.29) is 29.7 Å². The first kappa shape index (κ1) is 24.3. The SMILES string of the molecule is CC12CC(Oc3ccnc4c3CCC(=O)N4)=CC=C1O[C@@H]1C(NC(=O)Nc3ccc(C(F)(F)F)c(F)c3)[C@@H]12. The van der Waals surface area contributed by atoms with Crippen LogP contribution in [0, 0.1) is 17.2 Å². The molecule has 2 aliphatic heterocycles. The highest BCUT2D eigenvalue weighted by atomic mass is 19.4. The average molecular weight is 530 g/mol. The van der Waals surface area contributed by atoms with Crippen LogP contribution in [0.15, 0.2) is 54.1 Å². The molecule has 3 N–H and O–H groups in total. The topological polar surface area (TPSA) is 102 Å². The molecule has 2 unspecified atom stereocenters. The molecule has 8 nitrogen and oxygen atoms in total. The van der Waals surface area contributed by atoms with Crippen molar-refractivity contribution in [1.82, 2.24) is 10.3 Å². The number of rotatable bonds is 4. The molecule has 4 aliphatic rings. The molecule has 1 aromatic carbocycles. The molecule has 2 aliphatic carbocycles. The van der Waals surface area contributed by atoms with Crippen molar-refractivity contribution in [2.75, 3.05) is 10.6 Å². The third kappa shape index (κ3) is 4.13. The van der Waals surface area contributed by atoms with Gasteiger partial charge in [0.1, 0.15) is 35.0 Å². The van der Waals surface area contributed by atoms with Gasteiger partial charge in [-0.15, -0.1) is 0 Å². The third-order valence-electron chi connectivity index (χ3n) is 7.42. The molecule has 3 amide bonds. The number of nitrogens with one attached hydrogen (secondary N) is 3. The highest BCUT2D eigenvalue weighted by Crippen LogP contribution is 2.63. The van der Waals surface area contributed by atoms with Gasteiger partial charge in [0.05, 0.1) is 11.6 Å². The van der Waals surface area contributed by atoms with Gasteiger partial charge in [-0.25, -0.2) is 14.2 Å². The van der Waals surface area contributed by atoms with Crippen LogP contribution in [0.1, 0.15) is 30.9 Å². The lowest BCUT2D eigenvalue weighted by Crippen LogP contribution is -2.37. The molecule has 0 spiro atoms. The predicted molar refractivity (Wildman–Crippen MR) is 126 cm³/mol. The van der Waals surface area contributed by atoms with Crippen LogP contribution >= 0.6 is 0 Å². The lowest BCUT2D eigenvalue weighted by molar-refractivity contribution is -0.140. The summed E-state index contributed by atoms with van der Waals surface area (Å²) in [6.45, 7) is 2.02. The molecule has 38 heavy (non-hydrogen) atoms. The average Bonchev–Trinajstić information content (AvgIpc) is 3.41. The summed E-state index contributed by atoms with van der Waals surface area (Å²) in [7, 11) is 0. The van der Waals surface area contributed by atoms with Crippen molar-refractivity contribution in [1.29, 1.82) is 0 Å². The van der Waals surface area contributed by atoms with Crippen LogP contribution in [0.25, 0.3) is 0 Å². The number of ether oxygens (including phenoxy) is 2. The van der Waals surface area contributed by atoms with E-state index in [1.807, 2.05) is 19.1 Å². The monoisotopic (exact) mass is 530 g/mol. The number of pyridine rings is 1. The molecule has 6 rings (SSSR count). The summed E-state index contributed by atoms with van der Waals surface area (Å²) in [5, 5.41) is 7.91. The van der Waals surface area contributed by atoms with Crippen molar-refractivity contribution >= 4 is 23.4 Å². The number of amides is 3. The Morgan fingerprint density at radius 2 is 2.05 bits per heavy atom. The fourth-order valence-corrected chi connectivity index (χ4v) is 5.54. The van der Waals surface area contributed by atoms with Crippen molar-refractivity contribution < 1.29 is 36.6 Å². The smallest absolute Gasteiger partial charge is 0.419 e. The molecule has 2 aromatic rings. The van der Waals surface area contributed by atoms with Gasteiger partial charge in [-0.05, 0) is 42.8 Å². The number of carbonyl (C=O) groups is 2. The minimum Gasteiger partial charge on any atom is -0.492 e. The molecule has 2 fully saturated rings. The summed E-state index contributed by atoms with van der Waals surface area (Å²) in [4.78, 5) is 28.4. The molecule has 1 saturated carbocycles. The molecule has 3 heterocycles. The number of halogens is 4. The Morgan fingerprint density at radius 3 is 2.82 bits per heavy atom. The Bertz CT molecular complexity index is 1420. The largest absolute Gasteiger partial charge is 0.492 e. The van der Waals surface area contributed by atoms with Gasteiger partial charge in [0, 0.05) is 41.6 Å². The predicted octanol–water partition coefficient (Wildman–Crippen LogP) is 4.90. The summed E-state index contributed by atoms with van der Waals surface area (Å²) < 4.78 is 64.4. The molecule has 0 bridgehead atoms. The van der Waals surface area contributed by atoms with E-state index in [1.54, 1.807) is 12.3 Å². The van der Waals surface area contributed by atoms with Crippen LogP contribution < -0.4 is 20.7 Å². The first-order valence-corrected chi connectivity index (χ1v) is 12.0. The standard InChI is InChI=1S/C26H22F4N4O4/c1-25-11-13(37-17-8-9-31-23-14(17)4-7-19(35)33-23)3-6-18(25)38-22-20(25)21(22)34-24(36)32-12-2-5-15(16(27)10-12)26(28,29)30/h2-3,5-6,8-10,20-22H,4,7,11H2,1H3,(H,31,33,35)(H2,32,34,36)/t20-,21?,22-,25?/m0/s1. The molecule has 4 atom stereocenters. The van der Waals surface area contributed by atoms with E-state index in [4.69, 9.17) is 9.47 Å². The lowest BCUT2D eigenvalue weighted by Gasteiger charge is -2.32. The van der Waals surface area contributed by atoms with E-state index in [2.05, 4.69) is 20.9 Å². The number of nitrogens with zero attached hydrogens (tertiary/aromatic N) is 1. The molecular weight excluding hydrogens is 508 g/mol. The second-order valence-electron chi connectivity index (χ2n) is 9.97. The van der Waals surface area contributed by atoms with E-state index in [9.17, 15) is 27.2 Å². The van der Waals surface area contributed by atoms with Crippen molar-refractivity contribution in [2.45, 2.75) is 44.5 Å². The highest BCUT2D eigenvalue weighted by molar-refractivity contribution is 5.93. The molecule has 1 saturated heterocycles. The Hall–Kier alpha value is -4.09. The summed E-state index contributed by atoms with van der Waals surface area (Å²) in [6, 6.07) is 2.96. The third-order valence-corrected chi connectivity index (χ3v) is 7.42. The lowest BCUT2D eigenvalue weighted by atomic mass is 9.77. The number of hydrogen-bond acceptors (Lipinski definition) is 5.